The molecule has 0 radical (unpaired) electrons. The van der Waals surface area contributed by atoms with Gasteiger partial charge in [0.1, 0.15) is 6.10 Å². The minimum atomic E-state index is 0.102. The molecule has 2 aliphatic rings. The molecule has 3 unspecified atom stereocenters. The summed E-state index contributed by atoms with van der Waals surface area (Å²) in [6.07, 6.45) is 3.19. The smallest absolute Gasteiger partial charge is 0.145 e. The Morgan fingerprint density at radius 1 is 1.32 bits per heavy atom. The first-order chi connectivity index (χ1) is 10.7. The number of aliphatic hydroxyl groups is 1. The van der Waals surface area contributed by atoms with E-state index in [1.807, 2.05) is 24.3 Å². The predicted octanol–water partition coefficient (Wildman–Crippen LogP) is 2.93. The van der Waals surface area contributed by atoms with Crippen molar-refractivity contribution in [3.63, 3.8) is 0 Å². The van der Waals surface area contributed by atoms with Gasteiger partial charge in [0.15, 0.2) is 0 Å². The van der Waals surface area contributed by atoms with Crippen molar-refractivity contribution in [3.8, 4) is 0 Å². The minimum absolute atomic E-state index is 0.102. The Morgan fingerprint density at radius 2 is 2.09 bits per heavy atom. The van der Waals surface area contributed by atoms with Crippen molar-refractivity contribution in [2.24, 2.45) is 11.1 Å². The summed E-state index contributed by atoms with van der Waals surface area (Å²) < 4.78 is 0. The van der Waals surface area contributed by atoms with E-state index in [2.05, 4.69) is 17.0 Å². The van der Waals surface area contributed by atoms with Crippen LogP contribution in [0.25, 0.3) is 0 Å². The van der Waals surface area contributed by atoms with E-state index >= 15 is 0 Å². The van der Waals surface area contributed by atoms with Crippen LogP contribution in [0.4, 0.5) is 0 Å². The van der Waals surface area contributed by atoms with E-state index in [1.54, 1.807) is 0 Å². The Kier molecular flexibility index (Phi) is 5.01. The first kappa shape index (κ1) is 15.8. The zero-order valence-electron chi connectivity index (χ0n) is 12.9. The van der Waals surface area contributed by atoms with Crippen LogP contribution in [0.3, 0.4) is 0 Å². The zero-order valence-corrected chi connectivity index (χ0v) is 13.7. The van der Waals surface area contributed by atoms with Crippen LogP contribution < -0.4 is 0 Å². The summed E-state index contributed by atoms with van der Waals surface area (Å²) in [5.74, 6) is 0.397. The first-order valence-electron chi connectivity index (χ1n) is 7.99. The second kappa shape index (κ2) is 6.99. The monoisotopic (exact) mass is 322 g/mol. The van der Waals surface area contributed by atoms with Crippen LogP contribution in [-0.2, 0) is 4.84 Å². The van der Waals surface area contributed by atoms with Gasteiger partial charge in [-0.25, -0.2) is 0 Å². The lowest BCUT2D eigenvalue weighted by Gasteiger charge is -2.38. The summed E-state index contributed by atoms with van der Waals surface area (Å²) in [6, 6.07) is 8.28. The largest absolute Gasteiger partial charge is 0.396 e. The third-order valence-corrected chi connectivity index (χ3v) is 4.97. The first-order valence-corrected chi connectivity index (χ1v) is 8.37. The van der Waals surface area contributed by atoms with Crippen molar-refractivity contribution >= 4 is 17.3 Å². The van der Waals surface area contributed by atoms with Gasteiger partial charge in [0, 0.05) is 37.2 Å². The maximum atomic E-state index is 9.38. The van der Waals surface area contributed by atoms with Gasteiger partial charge in [-0.3, -0.25) is 4.90 Å². The molecule has 1 N–H and O–H groups in total. The average molecular weight is 323 g/mol. The van der Waals surface area contributed by atoms with Crippen LogP contribution in [0.2, 0.25) is 5.02 Å². The molecule has 1 saturated heterocycles. The van der Waals surface area contributed by atoms with E-state index in [-0.39, 0.29) is 12.7 Å². The highest BCUT2D eigenvalue weighted by atomic mass is 35.5. The second-order valence-electron chi connectivity index (χ2n) is 6.41. The number of hydrogen-bond acceptors (Lipinski definition) is 4. The van der Waals surface area contributed by atoms with E-state index in [0.29, 0.717) is 12.0 Å². The molecule has 120 valence electrons. The van der Waals surface area contributed by atoms with Crippen molar-refractivity contribution < 1.29 is 9.94 Å². The third-order valence-electron chi connectivity index (χ3n) is 4.72. The van der Waals surface area contributed by atoms with Gasteiger partial charge in [0.2, 0.25) is 0 Å². The van der Waals surface area contributed by atoms with Gasteiger partial charge < -0.3 is 9.94 Å². The van der Waals surface area contributed by atoms with E-state index < -0.39 is 0 Å². The van der Waals surface area contributed by atoms with E-state index in [1.165, 1.54) is 0 Å². The fourth-order valence-electron chi connectivity index (χ4n) is 3.27. The van der Waals surface area contributed by atoms with Crippen LogP contribution >= 0.6 is 11.6 Å². The van der Waals surface area contributed by atoms with E-state index in [0.717, 1.165) is 48.6 Å². The van der Waals surface area contributed by atoms with Gasteiger partial charge in [0.25, 0.3) is 0 Å². The van der Waals surface area contributed by atoms with Crippen LogP contribution in [-0.4, -0.2) is 47.6 Å². The topological polar surface area (TPSA) is 45.1 Å². The summed E-state index contributed by atoms with van der Waals surface area (Å²) in [4.78, 5) is 8.05. The normalized spacial score (nSPS) is 29.2. The zero-order chi connectivity index (χ0) is 15.5. The lowest BCUT2D eigenvalue weighted by molar-refractivity contribution is 0.0133. The van der Waals surface area contributed by atoms with Gasteiger partial charge in [-0.15, -0.1) is 0 Å². The number of oxime groups is 1. The molecular formula is C17H23ClN2O2. The molecule has 0 aromatic heterocycles. The standard InChI is InChI=1S/C17H23ClN2O2/c1-12-2-3-13(11-21)9-20(12)10-16-8-17(19-22-16)14-4-6-15(18)7-5-14/h4-7,12-13,16,21H,2-3,8-11H2,1H3. The molecular weight excluding hydrogens is 300 g/mol. The molecule has 0 saturated carbocycles. The Labute approximate surface area is 136 Å². The molecule has 1 aromatic carbocycles. The highest BCUT2D eigenvalue weighted by Crippen LogP contribution is 2.25. The number of likely N-dealkylation sites (tertiary alicyclic amines) is 1. The summed E-state index contributed by atoms with van der Waals surface area (Å²) >= 11 is 5.92. The summed E-state index contributed by atoms with van der Waals surface area (Å²) in [5.41, 5.74) is 2.07. The van der Waals surface area contributed by atoms with Crippen LogP contribution in [0.5, 0.6) is 0 Å². The lowest BCUT2D eigenvalue weighted by Crippen LogP contribution is -2.46. The van der Waals surface area contributed by atoms with Gasteiger partial charge in [-0.2, -0.15) is 0 Å². The second-order valence-corrected chi connectivity index (χ2v) is 6.84. The van der Waals surface area contributed by atoms with Crippen molar-refractivity contribution in [2.75, 3.05) is 19.7 Å². The lowest BCUT2D eigenvalue weighted by atomic mass is 9.93. The van der Waals surface area contributed by atoms with Crippen LogP contribution in [0.1, 0.15) is 31.7 Å². The summed E-state index contributed by atoms with van der Waals surface area (Å²) in [5, 5.41) is 14.4. The highest BCUT2D eigenvalue weighted by Gasteiger charge is 2.30. The number of aliphatic hydroxyl groups excluding tert-OH is 1. The minimum Gasteiger partial charge on any atom is -0.396 e. The molecule has 3 atom stereocenters. The fraction of sp³-hybridized carbons (Fsp3) is 0.588. The Balaban J connectivity index is 1.56. The molecule has 2 aliphatic heterocycles. The molecule has 0 spiro atoms. The third kappa shape index (κ3) is 3.62. The van der Waals surface area contributed by atoms with Gasteiger partial charge in [0.05, 0.1) is 5.71 Å². The van der Waals surface area contributed by atoms with Crippen molar-refractivity contribution in [3.05, 3.63) is 34.9 Å². The van der Waals surface area contributed by atoms with Gasteiger partial charge >= 0.3 is 0 Å². The Bertz CT molecular complexity index is 532. The van der Waals surface area contributed by atoms with Crippen LogP contribution in [0, 0.1) is 5.92 Å². The Morgan fingerprint density at radius 3 is 2.82 bits per heavy atom. The number of nitrogens with zero attached hydrogens (tertiary/aromatic N) is 2. The summed E-state index contributed by atoms with van der Waals surface area (Å²) in [7, 11) is 0. The number of piperidine rings is 1. The SMILES string of the molecule is CC1CCC(CO)CN1CC1CC(c2ccc(Cl)cc2)=NO1. The summed E-state index contributed by atoms with van der Waals surface area (Å²) in [6.45, 7) is 4.36. The fourth-order valence-corrected chi connectivity index (χ4v) is 3.39. The number of benzene rings is 1. The molecule has 4 nitrogen and oxygen atoms in total. The predicted molar refractivity (Wildman–Crippen MR) is 88.3 cm³/mol. The number of halogens is 1. The maximum Gasteiger partial charge on any atom is 0.145 e. The quantitative estimate of drug-likeness (QED) is 0.927. The molecule has 0 aliphatic carbocycles. The molecule has 0 amide bonds. The van der Waals surface area contributed by atoms with Gasteiger partial charge in [-0.1, -0.05) is 28.9 Å². The maximum absolute atomic E-state index is 9.38. The van der Waals surface area contributed by atoms with E-state index in [4.69, 9.17) is 16.4 Å². The molecule has 3 rings (SSSR count). The van der Waals surface area contributed by atoms with Crippen molar-refractivity contribution in [1.82, 2.24) is 4.90 Å². The molecule has 2 heterocycles. The van der Waals surface area contributed by atoms with Crippen molar-refractivity contribution in [1.29, 1.82) is 0 Å². The molecule has 1 aromatic rings. The van der Waals surface area contributed by atoms with Gasteiger partial charge in [-0.05, 0) is 43.4 Å². The van der Waals surface area contributed by atoms with E-state index in [9.17, 15) is 5.11 Å². The Hall–Kier alpha value is -1.10. The molecule has 0 bridgehead atoms. The number of hydrogen-bond donors (Lipinski definition) is 1. The molecule has 5 heteroatoms. The molecule has 22 heavy (non-hydrogen) atoms. The van der Waals surface area contributed by atoms with Crippen LogP contribution in [0.15, 0.2) is 29.4 Å². The number of rotatable bonds is 4. The highest BCUT2D eigenvalue weighted by molar-refractivity contribution is 6.30. The average Bonchev–Trinajstić information content (AvgIpc) is 2.99. The molecule has 1 fully saturated rings. The van der Waals surface area contributed by atoms with Crippen molar-refractivity contribution in [2.45, 2.75) is 38.3 Å².